The summed E-state index contributed by atoms with van der Waals surface area (Å²) >= 11 is 0. The van der Waals surface area contributed by atoms with Gasteiger partial charge < -0.3 is 23.8 Å². The van der Waals surface area contributed by atoms with E-state index in [0.717, 1.165) is 44.9 Å². The number of likely N-dealkylation sites (N-methyl/N-ethyl adjacent to an activating group) is 1. The fourth-order valence-electron chi connectivity index (χ4n) is 4.15. The van der Waals surface area contributed by atoms with Crippen LogP contribution < -0.4 is 0 Å². The van der Waals surface area contributed by atoms with Gasteiger partial charge in [0.2, 0.25) is 0 Å². The molecule has 0 saturated carbocycles. The van der Waals surface area contributed by atoms with Gasteiger partial charge in [-0.3, -0.25) is 9.59 Å². The topological polar surface area (TPSA) is 99.1 Å². The number of hydrogen-bond acceptors (Lipinski definition) is 6. The van der Waals surface area contributed by atoms with E-state index < -0.39 is 18.1 Å². The molecule has 0 saturated heterocycles. The highest BCUT2D eigenvalue weighted by Crippen LogP contribution is 2.12. The number of ether oxygens (including phenoxy) is 3. The first-order valence-electron chi connectivity index (χ1n) is 14.6. The summed E-state index contributed by atoms with van der Waals surface area (Å²) < 4.78 is 16.9. The summed E-state index contributed by atoms with van der Waals surface area (Å²) in [6.07, 6.45) is 14.8. The van der Waals surface area contributed by atoms with Crippen LogP contribution in [0.5, 0.6) is 0 Å². The maximum absolute atomic E-state index is 12.4. The van der Waals surface area contributed by atoms with E-state index in [9.17, 15) is 19.5 Å². The molecule has 8 nitrogen and oxygen atoms in total. The largest absolute Gasteiger partial charge is 0.477 e. The van der Waals surface area contributed by atoms with Gasteiger partial charge in [0.15, 0.2) is 12.1 Å². The molecule has 0 spiro atoms. The minimum Gasteiger partial charge on any atom is -0.477 e. The van der Waals surface area contributed by atoms with Gasteiger partial charge >= 0.3 is 17.9 Å². The first kappa shape index (κ1) is 35.3. The van der Waals surface area contributed by atoms with Crippen LogP contribution in [0.2, 0.25) is 0 Å². The monoisotopic (exact) mass is 530 g/mol. The van der Waals surface area contributed by atoms with Crippen LogP contribution in [0.3, 0.4) is 0 Å². The highest BCUT2D eigenvalue weighted by atomic mass is 16.6. The lowest BCUT2D eigenvalue weighted by atomic mass is 10.1. The van der Waals surface area contributed by atoms with E-state index in [0.29, 0.717) is 19.3 Å². The molecule has 0 aliphatic rings. The van der Waals surface area contributed by atoms with E-state index >= 15 is 0 Å². The van der Waals surface area contributed by atoms with Crippen molar-refractivity contribution in [2.24, 2.45) is 0 Å². The molecule has 37 heavy (non-hydrogen) atoms. The van der Waals surface area contributed by atoms with Crippen LogP contribution in [0.4, 0.5) is 0 Å². The zero-order chi connectivity index (χ0) is 27.9. The number of nitrogens with zero attached hydrogens (tertiary/aromatic N) is 1. The van der Waals surface area contributed by atoms with E-state index in [1.165, 1.54) is 38.5 Å². The average molecular weight is 531 g/mol. The minimum atomic E-state index is -0.878. The Bertz CT molecular complexity index is 604. The SMILES string of the molecule is CCCCCCCCCCCC(=O)OC(COCCC(C(=O)O)[N+](C)(C)C)COC(=O)CCCCCC. The third-order valence-electron chi connectivity index (χ3n) is 6.51. The second-order valence-corrected chi connectivity index (χ2v) is 11.0. The van der Waals surface area contributed by atoms with Crippen molar-refractivity contribution in [2.45, 2.75) is 129 Å². The second-order valence-electron chi connectivity index (χ2n) is 11.0. The molecule has 0 aliphatic heterocycles. The normalized spacial score (nSPS) is 13.2. The Labute approximate surface area is 226 Å². The molecule has 0 aromatic rings. The molecule has 2 atom stereocenters. The first-order chi connectivity index (χ1) is 17.6. The van der Waals surface area contributed by atoms with Crippen LogP contribution in [-0.2, 0) is 28.6 Å². The van der Waals surface area contributed by atoms with E-state index in [4.69, 9.17) is 14.2 Å². The van der Waals surface area contributed by atoms with Crippen LogP contribution in [0.15, 0.2) is 0 Å². The fraction of sp³-hybridized carbons (Fsp3) is 0.897. The number of carbonyl (C=O) groups is 3. The number of quaternary nitrogens is 1. The summed E-state index contributed by atoms with van der Waals surface area (Å²) in [6.45, 7) is 4.56. The summed E-state index contributed by atoms with van der Waals surface area (Å²) in [5, 5.41) is 9.47. The zero-order valence-corrected chi connectivity index (χ0v) is 24.4. The van der Waals surface area contributed by atoms with Crippen molar-refractivity contribution in [2.75, 3.05) is 41.0 Å². The van der Waals surface area contributed by atoms with Gasteiger partial charge in [-0.15, -0.1) is 0 Å². The Morgan fingerprint density at radius 2 is 1.19 bits per heavy atom. The van der Waals surface area contributed by atoms with Gasteiger partial charge in [-0.25, -0.2) is 4.79 Å². The molecule has 0 fully saturated rings. The van der Waals surface area contributed by atoms with Gasteiger partial charge in [0.25, 0.3) is 0 Å². The van der Waals surface area contributed by atoms with E-state index in [1.807, 2.05) is 21.1 Å². The van der Waals surface area contributed by atoms with E-state index in [2.05, 4.69) is 13.8 Å². The predicted octanol–water partition coefficient (Wildman–Crippen LogP) is 5.90. The standard InChI is InChI=1S/C29H55NO7/c1-6-8-10-12-13-14-15-16-18-20-28(32)37-25(24-36-27(31)19-17-11-9-7-2)23-35-22-21-26(29(33)34)30(3,4)5/h25-26H,6-24H2,1-5H3/p+1. The zero-order valence-electron chi connectivity index (χ0n) is 24.4. The molecule has 0 rings (SSSR count). The molecular formula is C29H56NO7+. The minimum absolute atomic E-state index is 0.0478. The van der Waals surface area contributed by atoms with Crippen molar-refractivity contribution in [1.29, 1.82) is 0 Å². The average Bonchev–Trinajstić information content (AvgIpc) is 2.82. The maximum atomic E-state index is 12.4. The van der Waals surface area contributed by atoms with E-state index in [-0.39, 0.29) is 36.2 Å². The highest BCUT2D eigenvalue weighted by molar-refractivity contribution is 5.72. The maximum Gasteiger partial charge on any atom is 0.362 e. The molecule has 218 valence electrons. The molecule has 0 aromatic heterocycles. The summed E-state index contributed by atoms with van der Waals surface area (Å²) in [7, 11) is 5.49. The summed E-state index contributed by atoms with van der Waals surface area (Å²) in [4.78, 5) is 36.0. The van der Waals surface area contributed by atoms with Crippen molar-refractivity contribution in [1.82, 2.24) is 0 Å². The van der Waals surface area contributed by atoms with Gasteiger partial charge in [0.05, 0.1) is 34.4 Å². The summed E-state index contributed by atoms with van der Waals surface area (Å²) in [5.41, 5.74) is 0. The number of hydrogen-bond donors (Lipinski definition) is 1. The molecule has 0 amide bonds. The molecule has 0 aromatic carbocycles. The van der Waals surface area contributed by atoms with Gasteiger partial charge in [0, 0.05) is 19.3 Å². The number of carboxylic acid groups (broad SMARTS) is 1. The van der Waals surface area contributed by atoms with Crippen molar-refractivity contribution >= 4 is 17.9 Å². The molecule has 1 N–H and O–H groups in total. The quantitative estimate of drug-likeness (QED) is 0.0891. The number of rotatable bonds is 25. The van der Waals surface area contributed by atoms with E-state index in [1.54, 1.807) is 0 Å². The molecule has 0 aliphatic carbocycles. The third kappa shape index (κ3) is 21.0. The van der Waals surface area contributed by atoms with Gasteiger partial charge in [-0.05, 0) is 12.8 Å². The molecule has 8 heteroatoms. The molecule has 0 radical (unpaired) electrons. The van der Waals surface area contributed by atoms with Crippen molar-refractivity contribution in [3.05, 3.63) is 0 Å². The first-order valence-corrected chi connectivity index (χ1v) is 14.6. The molecular weight excluding hydrogens is 474 g/mol. The van der Waals surface area contributed by atoms with Crippen LogP contribution in [0.1, 0.15) is 117 Å². The Morgan fingerprint density at radius 1 is 0.703 bits per heavy atom. The lowest BCUT2D eigenvalue weighted by Gasteiger charge is -2.31. The Hall–Kier alpha value is -1.67. The number of carbonyl (C=O) groups excluding carboxylic acids is 2. The van der Waals surface area contributed by atoms with Crippen LogP contribution in [0.25, 0.3) is 0 Å². The Kier molecular flexibility index (Phi) is 21.3. The number of unbranched alkanes of at least 4 members (excludes halogenated alkanes) is 11. The molecule has 2 unspecified atom stereocenters. The second kappa shape index (κ2) is 22.3. The summed E-state index contributed by atoms with van der Waals surface area (Å²) in [6, 6.07) is -0.603. The lowest BCUT2D eigenvalue weighted by Crippen LogP contribution is -2.50. The van der Waals surface area contributed by atoms with Crippen molar-refractivity contribution < 1.29 is 38.2 Å². The number of esters is 2. The van der Waals surface area contributed by atoms with Gasteiger partial charge in [0.1, 0.15) is 6.61 Å². The van der Waals surface area contributed by atoms with Gasteiger partial charge in [-0.1, -0.05) is 84.5 Å². The number of aliphatic carboxylic acids is 1. The highest BCUT2D eigenvalue weighted by Gasteiger charge is 2.31. The van der Waals surface area contributed by atoms with Crippen LogP contribution in [-0.4, -0.2) is 80.6 Å². The van der Waals surface area contributed by atoms with Crippen LogP contribution >= 0.6 is 0 Å². The predicted molar refractivity (Wildman–Crippen MR) is 146 cm³/mol. The fourth-order valence-corrected chi connectivity index (χ4v) is 4.15. The lowest BCUT2D eigenvalue weighted by molar-refractivity contribution is -0.887. The van der Waals surface area contributed by atoms with Crippen molar-refractivity contribution in [3.8, 4) is 0 Å². The molecule has 0 bridgehead atoms. The third-order valence-corrected chi connectivity index (χ3v) is 6.51. The Balaban J connectivity index is 4.50. The van der Waals surface area contributed by atoms with Gasteiger partial charge in [-0.2, -0.15) is 0 Å². The van der Waals surface area contributed by atoms with Crippen LogP contribution in [0, 0.1) is 0 Å². The van der Waals surface area contributed by atoms with Crippen molar-refractivity contribution in [3.63, 3.8) is 0 Å². The number of carboxylic acids is 1. The molecule has 0 heterocycles. The smallest absolute Gasteiger partial charge is 0.362 e. The Morgan fingerprint density at radius 3 is 1.70 bits per heavy atom. The summed E-state index contributed by atoms with van der Waals surface area (Å²) in [5.74, 6) is -1.49.